The van der Waals surface area contributed by atoms with E-state index in [-0.39, 0.29) is 0 Å². The summed E-state index contributed by atoms with van der Waals surface area (Å²) in [4.78, 5) is 4.18. The zero-order chi connectivity index (χ0) is 13.3. The van der Waals surface area contributed by atoms with Crippen molar-refractivity contribution in [1.29, 1.82) is 0 Å². The van der Waals surface area contributed by atoms with Gasteiger partial charge in [-0.2, -0.15) is 0 Å². The Labute approximate surface area is 113 Å². The van der Waals surface area contributed by atoms with Crippen molar-refractivity contribution in [2.24, 2.45) is 0 Å². The first kappa shape index (κ1) is 13.2. The van der Waals surface area contributed by atoms with E-state index in [0.717, 1.165) is 5.52 Å². The van der Waals surface area contributed by atoms with Crippen LogP contribution in [-0.4, -0.2) is 12.1 Å². The molecular weight excluding hydrogens is 234 g/mol. The molecule has 2 aromatic carbocycles. The van der Waals surface area contributed by atoms with Gasteiger partial charge in [-0.15, -0.1) is 0 Å². The first-order valence-electron chi connectivity index (χ1n) is 6.23. The van der Waals surface area contributed by atoms with Gasteiger partial charge in [0, 0.05) is 18.7 Å². The Morgan fingerprint density at radius 2 is 1.53 bits per heavy atom. The third-order valence-corrected chi connectivity index (χ3v) is 2.67. The predicted molar refractivity (Wildman–Crippen MR) is 78.9 cm³/mol. The number of hydrogen-bond donors (Lipinski definition) is 0. The van der Waals surface area contributed by atoms with E-state index < -0.39 is 0 Å². The minimum atomic E-state index is 0.709. The molecule has 0 bridgehead atoms. The Morgan fingerprint density at radius 3 is 2.26 bits per heavy atom. The number of hydrogen-bond acceptors (Lipinski definition) is 2. The normalized spacial score (nSPS) is 9.74. The first-order valence-corrected chi connectivity index (χ1v) is 6.23. The summed E-state index contributed by atoms with van der Waals surface area (Å²) in [6, 6.07) is 22.2. The maximum Gasteiger partial charge on any atom is 0.0713 e. The van der Waals surface area contributed by atoms with Gasteiger partial charge in [0.25, 0.3) is 0 Å². The topological polar surface area (TPSA) is 22.1 Å². The smallest absolute Gasteiger partial charge is 0.0713 e. The summed E-state index contributed by atoms with van der Waals surface area (Å²) in [6.45, 7) is 0.709. The van der Waals surface area contributed by atoms with Crippen molar-refractivity contribution in [2.45, 2.75) is 6.61 Å². The second kappa shape index (κ2) is 7.29. The SMILES string of the molecule is COCc1ccccc1.c1ccc2ncccc2c1. The highest BCUT2D eigenvalue weighted by atomic mass is 16.5. The standard InChI is InChI=1S/C9H7N.C8H10O/c1-2-6-9-8(4-1)5-3-7-10-9;1-9-7-8-5-3-2-4-6-8/h1-7H;2-6H,7H2,1H3. The minimum Gasteiger partial charge on any atom is -0.380 e. The van der Waals surface area contributed by atoms with E-state index in [1.54, 1.807) is 7.11 Å². The monoisotopic (exact) mass is 251 g/mol. The Balaban J connectivity index is 0.000000141. The molecule has 0 N–H and O–H groups in total. The van der Waals surface area contributed by atoms with Gasteiger partial charge < -0.3 is 4.74 Å². The Morgan fingerprint density at radius 1 is 0.842 bits per heavy atom. The lowest BCUT2D eigenvalue weighted by molar-refractivity contribution is 0.185. The third-order valence-electron chi connectivity index (χ3n) is 2.67. The van der Waals surface area contributed by atoms with E-state index in [2.05, 4.69) is 17.1 Å². The molecule has 0 atom stereocenters. The Bertz CT molecular complexity index is 542. The van der Waals surface area contributed by atoms with Gasteiger partial charge in [0.1, 0.15) is 0 Å². The van der Waals surface area contributed by atoms with Crippen LogP contribution in [0.25, 0.3) is 10.9 Å². The van der Waals surface area contributed by atoms with Gasteiger partial charge in [0.05, 0.1) is 12.1 Å². The van der Waals surface area contributed by atoms with Crippen LogP contribution in [0.2, 0.25) is 0 Å². The van der Waals surface area contributed by atoms with Gasteiger partial charge >= 0.3 is 0 Å². The predicted octanol–water partition coefficient (Wildman–Crippen LogP) is 4.07. The number of pyridine rings is 1. The summed E-state index contributed by atoms with van der Waals surface area (Å²) >= 11 is 0. The molecule has 1 heterocycles. The molecule has 0 saturated carbocycles. The highest BCUT2D eigenvalue weighted by Gasteiger charge is 1.86. The van der Waals surface area contributed by atoms with Crippen LogP contribution in [0.15, 0.2) is 72.9 Å². The van der Waals surface area contributed by atoms with Crippen LogP contribution in [0.5, 0.6) is 0 Å². The molecule has 0 aliphatic heterocycles. The molecule has 2 heteroatoms. The molecular formula is C17H17NO. The van der Waals surface area contributed by atoms with Gasteiger partial charge in [0.2, 0.25) is 0 Å². The molecule has 19 heavy (non-hydrogen) atoms. The molecule has 2 nitrogen and oxygen atoms in total. The molecule has 0 unspecified atom stereocenters. The van der Waals surface area contributed by atoms with Crippen LogP contribution in [0.4, 0.5) is 0 Å². The molecule has 3 aromatic rings. The lowest BCUT2D eigenvalue weighted by atomic mass is 10.2. The molecule has 0 saturated heterocycles. The lowest BCUT2D eigenvalue weighted by Crippen LogP contribution is -1.84. The summed E-state index contributed by atoms with van der Waals surface area (Å²) in [5.74, 6) is 0. The summed E-state index contributed by atoms with van der Waals surface area (Å²) in [6.07, 6.45) is 1.81. The van der Waals surface area contributed by atoms with Crippen molar-refractivity contribution in [1.82, 2.24) is 4.98 Å². The second-order valence-electron chi connectivity index (χ2n) is 4.11. The Kier molecular flexibility index (Phi) is 5.08. The van der Waals surface area contributed by atoms with Crippen molar-refractivity contribution >= 4 is 10.9 Å². The summed E-state index contributed by atoms with van der Waals surface area (Å²) in [5.41, 5.74) is 2.28. The second-order valence-corrected chi connectivity index (χ2v) is 4.11. The van der Waals surface area contributed by atoms with E-state index >= 15 is 0 Å². The molecule has 3 rings (SSSR count). The maximum atomic E-state index is 4.93. The zero-order valence-electron chi connectivity index (χ0n) is 11.0. The number of fused-ring (bicyclic) bond motifs is 1. The van der Waals surface area contributed by atoms with Crippen LogP contribution in [0.3, 0.4) is 0 Å². The van der Waals surface area contributed by atoms with E-state index in [0.29, 0.717) is 6.61 Å². The van der Waals surface area contributed by atoms with E-state index in [4.69, 9.17) is 4.74 Å². The molecule has 0 amide bonds. The average molecular weight is 251 g/mol. The van der Waals surface area contributed by atoms with Gasteiger partial charge in [-0.3, -0.25) is 4.98 Å². The number of nitrogens with zero attached hydrogens (tertiary/aromatic N) is 1. The summed E-state index contributed by atoms with van der Waals surface area (Å²) in [5, 5.41) is 1.20. The number of aromatic nitrogens is 1. The van der Waals surface area contributed by atoms with Crippen LogP contribution in [0, 0.1) is 0 Å². The number of benzene rings is 2. The van der Waals surface area contributed by atoms with E-state index in [1.165, 1.54) is 10.9 Å². The quantitative estimate of drug-likeness (QED) is 0.685. The van der Waals surface area contributed by atoms with Crippen molar-refractivity contribution in [2.75, 3.05) is 7.11 Å². The molecule has 1 aromatic heterocycles. The summed E-state index contributed by atoms with van der Waals surface area (Å²) < 4.78 is 4.93. The minimum absolute atomic E-state index is 0.709. The number of ether oxygens (including phenoxy) is 1. The fraction of sp³-hybridized carbons (Fsp3) is 0.118. The van der Waals surface area contributed by atoms with Gasteiger partial charge in [-0.05, 0) is 17.7 Å². The van der Waals surface area contributed by atoms with Gasteiger partial charge in [-0.25, -0.2) is 0 Å². The number of methoxy groups -OCH3 is 1. The number of para-hydroxylation sites is 1. The van der Waals surface area contributed by atoms with Crippen LogP contribution in [0.1, 0.15) is 5.56 Å². The van der Waals surface area contributed by atoms with Crippen molar-refractivity contribution in [3.05, 3.63) is 78.5 Å². The van der Waals surface area contributed by atoms with E-state index in [1.807, 2.05) is 60.8 Å². The fourth-order valence-electron chi connectivity index (χ4n) is 1.76. The molecule has 0 fully saturated rings. The van der Waals surface area contributed by atoms with Crippen LogP contribution >= 0.6 is 0 Å². The average Bonchev–Trinajstić information content (AvgIpc) is 2.50. The van der Waals surface area contributed by atoms with Crippen molar-refractivity contribution < 1.29 is 4.74 Å². The lowest BCUT2D eigenvalue weighted by Gasteiger charge is -1.95. The van der Waals surface area contributed by atoms with Crippen LogP contribution < -0.4 is 0 Å². The largest absolute Gasteiger partial charge is 0.380 e. The highest BCUT2D eigenvalue weighted by Crippen LogP contribution is 2.07. The molecule has 0 spiro atoms. The summed E-state index contributed by atoms with van der Waals surface area (Å²) in [7, 11) is 1.70. The maximum absolute atomic E-state index is 4.93. The molecule has 0 aliphatic carbocycles. The van der Waals surface area contributed by atoms with Crippen LogP contribution in [-0.2, 0) is 11.3 Å². The molecule has 96 valence electrons. The Hall–Kier alpha value is -2.19. The highest BCUT2D eigenvalue weighted by molar-refractivity contribution is 5.77. The van der Waals surface area contributed by atoms with E-state index in [9.17, 15) is 0 Å². The first-order chi connectivity index (χ1) is 9.40. The number of rotatable bonds is 2. The van der Waals surface area contributed by atoms with Gasteiger partial charge in [0.15, 0.2) is 0 Å². The van der Waals surface area contributed by atoms with Crippen molar-refractivity contribution in [3.8, 4) is 0 Å². The van der Waals surface area contributed by atoms with Gasteiger partial charge in [-0.1, -0.05) is 54.6 Å². The molecule has 0 radical (unpaired) electrons. The van der Waals surface area contributed by atoms with Crippen molar-refractivity contribution in [3.63, 3.8) is 0 Å². The third kappa shape index (κ3) is 4.19. The zero-order valence-corrected chi connectivity index (χ0v) is 11.0. The molecule has 0 aliphatic rings. The fourth-order valence-corrected chi connectivity index (χ4v) is 1.76.